The summed E-state index contributed by atoms with van der Waals surface area (Å²) in [6.45, 7) is 0.317. The zero-order valence-corrected chi connectivity index (χ0v) is 21.6. The maximum absolute atomic E-state index is 12.1. The molecule has 0 fully saturated rings. The van der Waals surface area contributed by atoms with E-state index in [0.29, 0.717) is 16.7 Å². The molecule has 0 saturated heterocycles. The first-order valence-electron chi connectivity index (χ1n) is 8.35. The molecule has 2 aromatic carbocycles. The molecule has 5 nitrogen and oxygen atoms in total. The minimum atomic E-state index is -0.437. The lowest BCUT2D eigenvalue weighted by Gasteiger charge is -2.12. The molecule has 30 heavy (non-hydrogen) atoms. The fourth-order valence-corrected chi connectivity index (χ4v) is 5.16. The number of carbonyl (C=O) groups is 1. The summed E-state index contributed by atoms with van der Waals surface area (Å²) in [7, 11) is 0. The Morgan fingerprint density at radius 1 is 1.13 bits per heavy atom. The minimum Gasteiger partial charge on any atom is -0.487 e. The predicted molar refractivity (Wildman–Crippen MR) is 137 cm³/mol. The number of hydrazone groups is 1. The molecule has 0 aliphatic rings. The van der Waals surface area contributed by atoms with Crippen molar-refractivity contribution in [3.63, 3.8) is 0 Å². The van der Waals surface area contributed by atoms with Crippen LogP contribution in [-0.4, -0.2) is 17.1 Å². The molecule has 0 aliphatic carbocycles. The molecule has 3 aromatic rings. The highest BCUT2D eigenvalue weighted by Gasteiger charge is 2.11. The number of pyridine rings is 1. The van der Waals surface area contributed by atoms with Gasteiger partial charge in [0.05, 0.1) is 18.9 Å². The Hall–Kier alpha value is -1.14. The van der Waals surface area contributed by atoms with Crippen LogP contribution in [0.4, 0.5) is 0 Å². The standard InChI is InChI=1S/C20H12Cl3I2N3O2/c21-13-4-3-12(15(22)8-13)10-30-18-16(24)6-11(7-17(18)25)9-27-28-20(29)14-2-1-5-26-19(14)23/h1-9H,10H2,(H,28,29). The number of aromatic nitrogens is 1. The largest absolute Gasteiger partial charge is 0.487 e. The van der Waals surface area contributed by atoms with E-state index >= 15 is 0 Å². The van der Waals surface area contributed by atoms with Gasteiger partial charge in [-0.25, -0.2) is 10.4 Å². The van der Waals surface area contributed by atoms with Crippen LogP contribution < -0.4 is 10.2 Å². The van der Waals surface area contributed by atoms with Gasteiger partial charge in [0.1, 0.15) is 17.5 Å². The number of nitrogens with one attached hydrogen (secondary N) is 1. The molecule has 1 aromatic heterocycles. The SMILES string of the molecule is O=C(NN=Cc1cc(I)c(OCc2ccc(Cl)cc2Cl)c(I)c1)c1cccnc1Cl. The van der Waals surface area contributed by atoms with Gasteiger partial charge >= 0.3 is 0 Å². The molecular formula is C20H12Cl3I2N3O2. The maximum Gasteiger partial charge on any atom is 0.274 e. The number of nitrogens with zero attached hydrogens (tertiary/aromatic N) is 2. The molecule has 0 unspecified atom stereocenters. The van der Waals surface area contributed by atoms with Crippen molar-refractivity contribution >= 4 is 92.1 Å². The highest BCUT2D eigenvalue weighted by atomic mass is 127. The van der Waals surface area contributed by atoms with E-state index in [1.165, 1.54) is 6.20 Å². The van der Waals surface area contributed by atoms with Gasteiger partial charge in [-0.2, -0.15) is 5.10 Å². The Morgan fingerprint density at radius 2 is 1.87 bits per heavy atom. The van der Waals surface area contributed by atoms with Crippen LogP contribution in [0.15, 0.2) is 53.8 Å². The summed E-state index contributed by atoms with van der Waals surface area (Å²) in [5, 5.41) is 5.25. The zero-order valence-electron chi connectivity index (χ0n) is 15.0. The van der Waals surface area contributed by atoms with Crippen molar-refractivity contribution in [3.05, 3.63) is 87.7 Å². The third-order valence-corrected chi connectivity index (χ3v) is 6.28. The lowest BCUT2D eigenvalue weighted by Crippen LogP contribution is -2.18. The fourth-order valence-electron chi connectivity index (χ4n) is 2.36. The number of hydrogen-bond acceptors (Lipinski definition) is 4. The summed E-state index contributed by atoms with van der Waals surface area (Å²) in [5.74, 6) is 0.305. The first-order valence-corrected chi connectivity index (χ1v) is 11.6. The molecular weight excluding hydrogens is 674 g/mol. The van der Waals surface area contributed by atoms with Gasteiger partial charge in [0.25, 0.3) is 5.91 Å². The van der Waals surface area contributed by atoms with Crippen molar-refractivity contribution in [2.75, 3.05) is 0 Å². The van der Waals surface area contributed by atoms with Crippen molar-refractivity contribution < 1.29 is 9.53 Å². The van der Waals surface area contributed by atoms with Crippen LogP contribution in [0.25, 0.3) is 0 Å². The molecule has 0 aliphatic heterocycles. The van der Waals surface area contributed by atoms with E-state index in [1.807, 2.05) is 18.2 Å². The lowest BCUT2D eigenvalue weighted by molar-refractivity contribution is 0.0955. The molecule has 0 saturated carbocycles. The molecule has 0 atom stereocenters. The van der Waals surface area contributed by atoms with Gasteiger partial charge in [0, 0.05) is 21.8 Å². The Morgan fingerprint density at radius 3 is 2.53 bits per heavy atom. The second-order valence-corrected chi connectivity index (χ2v) is 9.41. The Bertz CT molecular complexity index is 1100. The Kier molecular flexibility index (Phi) is 8.58. The average Bonchev–Trinajstić information content (AvgIpc) is 2.69. The summed E-state index contributed by atoms with van der Waals surface area (Å²) in [4.78, 5) is 16.0. The second-order valence-electron chi connectivity index (χ2n) is 5.88. The van der Waals surface area contributed by atoms with Gasteiger partial charge in [0.15, 0.2) is 0 Å². The summed E-state index contributed by atoms with van der Waals surface area (Å²) in [5.41, 5.74) is 4.35. The minimum absolute atomic E-state index is 0.122. The smallest absolute Gasteiger partial charge is 0.274 e. The molecule has 10 heteroatoms. The second kappa shape index (κ2) is 10.9. The maximum atomic E-state index is 12.1. The van der Waals surface area contributed by atoms with Crippen LogP contribution in [0.2, 0.25) is 15.2 Å². The first kappa shape index (κ1) is 23.5. The summed E-state index contributed by atoms with van der Waals surface area (Å²) in [6.07, 6.45) is 3.06. The monoisotopic (exact) mass is 685 g/mol. The van der Waals surface area contributed by atoms with Crippen LogP contribution in [0.5, 0.6) is 5.75 Å². The molecule has 1 amide bonds. The van der Waals surface area contributed by atoms with Gasteiger partial charge in [0.2, 0.25) is 0 Å². The van der Waals surface area contributed by atoms with E-state index in [1.54, 1.807) is 30.5 Å². The molecule has 1 heterocycles. The van der Waals surface area contributed by atoms with Crippen LogP contribution in [0.1, 0.15) is 21.5 Å². The first-order chi connectivity index (χ1) is 14.3. The predicted octanol–water partition coefficient (Wildman–Crippen LogP) is 6.59. The van der Waals surface area contributed by atoms with Crippen LogP contribution in [0, 0.1) is 7.14 Å². The number of amides is 1. The summed E-state index contributed by atoms with van der Waals surface area (Å²) < 4.78 is 7.76. The third kappa shape index (κ3) is 6.19. The number of carbonyl (C=O) groups excluding carboxylic acids is 1. The zero-order chi connectivity index (χ0) is 21.7. The number of benzene rings is 2. The summed E-state index contributed by atoms with van der Waals surface area (Å²) >= 11 is 22.4. The van der Waals surface area contributed by atoms with Crippen LogP contribution in [0.3, 0.4) is 0 Å². The Balaban J connectivity index is 1.67. The van der Waals surface area contributed by atoms with Gasteiger partial charge < -0.3 is 4.74 Å². The van der Waals surface area contributed by atoms with Gasteiger partial charge in [-0.1, -0.05) is 40.9 Å². The normalized spacial score (nSPS) is 11.0. The number of ether oxygens (including phenoxy) is 1. The quantitative estimate of drug-likeness (QED) is 0.138. The highest BCUT2D eigenvalue weighted by molar-refractivity contribution is 14.1. The van der Waals surface area contributed by atoms with E-state index in [2.05, 4.69) is 60.7 Å². The van der Waals surface area contributed by atoms with E-state index in [-0.39, 0.29) is 10.7 Å². The van der Waals surface area contributed by atoms with Gasteiger partial charge in [-0.15, -0.1) is 0 Å². The number of halogens is 5. The van der Waals surface area contributed by atoms with Crippen LogP contribution in [-0.2, 0) is 6.61 Å². The van der Waals surface area contributed by atoms with Crippen molar-refractivity contribution in [3.8, 4) is 5.75 Å². The van der Waals surface area contributed by atoms with Crippen molar-refractivity contribution in [2.24, 2.45) is 5.10 Å². The summed E-state index contributed by atoms with van der Waals surface area (Å²) in [6, 6.07) is 12.3. The molecule has 154 valence electrons. The third-order valence-electron chi connectivity index (χ3n) is 3.79. The topological polar surface area (TPSA) is 63.6 Å². The number of hydrogen-bond donors (Lipinski definition) is 1. The van der Waals surface area contributed by atoms with E-state index in [9.17, 15) is 4.79 Å². The van der Waals surface area contributed by atoms with Crippen LogP contribution >= 0.6 is 80.0 Å². The molecule has 1 N–H and O–H groups in total. The van der Waals surface area contributed by atoms with Crippen molar-refractivity contribution in [1.29, 1.82) is 0 Å². The van der Waals surface area contributed by atoms with E-state index in [0.717, 1.165) is 24.0 Å². The van der Waals surface area contributed by atoms with E-state index < -0.39 is 5.91 Å². The Labute approximate surface area is 215 Å². The lowest BCUT2D eigenvalue weighted by atomic mass is 10.2. The molecule has 0 spiro atoms. The average molecular weight is 687 g/mol. The van der Waals surface area contributed by atoms with E-state index in [4.69, 9.17) is 39.5 Å². The highest BCUT2D eigenvalue weighted by Crippen LogP contribution is 2.30. The number of rotatable bonds is 6. The van der Waals surface area contributed by atoms with Crippen molar-refractivity contribution in [2.45, 2.75) is 6.61 Å². The fraction of sp³-hybridized carbons (Fsp3) is 0.0500. The molecule has 3 rings (SSSR count). The molecule has 0 radical (unpaired) electrons. The molecule has 0 bridgehead atoms. The van der Waals surface area contributed by atoms with Gasteiger partial charge in [-0.05, 0) is 87.1 Å². The van der Waals surface area contributed by atoms with Crippen molar-refractivity contribution in [1.82, 2.24) is 10.4 Å². The van der Waals surface area contributed by atoms with Gasteiger partial charge in [-0.3, -0.25) is 4.79 Å².